The van der Waals surface area contributed by atoms with Gasteiger partial charge in [-0.15, -0.1) is 0 Å². The zero-order valence-corrected chi connectivity index (χ0v) is 9.52. The highest BCUT2D eigenvalue weighted by molar-refractivity contribution is 5.71. The molecular weight excluding hydrogens is 206 g/mol. The largest absolute Gasteiger partial charge is 0.439 e. The lowest BCUT2D eigenvalue weighted by atomic mass is 9.75. The average Bonchev–Trinajstić information content (AvgIpc) is 2.57. The van der Waals surface area contributed by atoms with E-state index in [2.05, 4.69) is 4.90 Å². The molecule has 4 fully saturated rings. The minimum atomic E-state index is -0.219. The topological polar surface area (TPSA) is 58.8 Å². The van der Waals surface area contributed by atoms with Crippen LogP contribution in [0.15, 0.2) is 0 Å². The minimum Gasteiger partial charge on any atom is -0.439 e. The highest BCUT2D eigenvalue weighted by atomic mass is 16.6. The van der Waals surface area contributed by atoms with Crippen molar-refractivity contribution in [2.45, 2.75) is 18.4 Å². The molecule has 2 N–H and O–H groups in total. The molecule has 4 heterocycles. The van der Waals surface area contributed by atoms with Crippen molar-refractivity contribution in [1.82, 2.24) is 9.80 Å². The molecule has 4 saturated heterocycles. The molecule has 0 unspecified atom stereocenters. The summed E-state index contributed by atoms with van der Waals surface area (Å²) in [6.07, 6.45) is 2.17. The van der Waals surface area contributed by atoms with Crippen LogP contribution in [0.3, 0.4) is 0 Å². The van der Waals surface area contributed by atoms with Gasteiger partial charge < -0.3 is 15.4 Å². The molecule has 0 aromatic rings. The number of nitrogens with two attached hydrogens (primary N) is 1. The first-order valence-electron chi connectivity index (χ1n) is 6.14. The number of amides is 1. The second kappa shape index (κ2) is 3.60. The van der Waals surface area contributed by atoms with E-state index in [4.69, 9.17) is 10.5 Å². The Morgan fingerprint density at radius 1 is 1.38 bits per heavy atom. The van der Waals surface area contributed by atoms with Crippen LogP contribution < -0.4 is 5.73 Å². The quantitative estimate of drug-likeness (QED) is 0.710. The van der Waals surface area contributed by atoms with Crippen LogP contribution in [0.1, 0.15) is 12.8 Å². The van der Waals surface area contributed by atoms with Crippen LogP contribution in [0.4, 0.5) is 4.79 Å². The molecule has 0 aromatic heterocycles. The van der Waals surface area contributed by atoms with E-state index in [1.165, 1.54) is 25.9 Å². The Bertz CT molecular complexity index is 302. The Morgan fingerprint density at radius 2 is 2.12 bits per heavy atom. The van der Waals surface area contributed by atoms with Crippen molar-refractivity contribution >= 4 is 6.09 Å². The van der Waals surface area contributed by atoms with Gasteiger partial charge in [0.1, 0.15) is 5.60 Å². The number of fused-ring (bicyclic) bond motifs is 2. The summed E-state index contributed by atoms with van der Waals surface area (Å²) in [4.78, 5) is 15.9. The first-order chi connectivity index (χ1) is 7.73. The zero-order chi connectivity index (χ0) is 11.2. The van der Waals surface area contributed by atoms with Gasteiger partial charge in [-0.3, -0.25) is 4.90 Å². The van der Waals surface area contributed by atoms with E-state index in [1.54, 1.807) is 4.90 Å². The second-order valence-electron chi connectivity index (χ2n) is 5.19. The van der Waals surface area contributed by atoms with Crippen LogP contribution in [-0.4, -0.2) is 60.8 Å². The number of hydrogen-bond acceptors (Lipinski definition) is 4. The first kappa shape index (κ1) is 10.4. The predicted octanol–water partition coefficient (Wildman–Crippen LogP) is -0.138. The Hall–Kier alpha value is -0.810. The van der Waals surface area contributed by atoms with Gasteiger partial charge in [0.2, 0.25) is 0 Å². The molecule has 0 radical (unpaired) electrons. The van der Waals surface area contributed by atoms with E-state index in [-0.39, 0.29) is 11.7 Å². The smallest absolute Gasteiger partial charge is 0.410 e. The fraction of sp³-hybridized carbons (Fsp3) is 0.909. The zero-order valence-electron chi connectivity index (χ0n) is 9.52. The third-order valence-corrected chi connectivity index (χ3v) is 4.23. The van der Waals surface area contributed by atoms with Gasteiger partial charge in [0.05, 0.1) is 6.54 Å². The SMILES string of the molecule is NCCN1C[C@]2(CN3CCC2CC3)OC1=O. The minimum absolute atomic E-state index is 0.167. The van der Waals surface area contributed by atoms with Crippen molar-refractivity contribution in [2.24, 2.45) is 11.7 Å². The van der Waals surface area contributed by atoms with Gasteiger partial charge in [-0.2, -0.15) is 0 Å². The van der Waals surface area contributed by atoms with Gasteiger partial charge in [0.25, 0.3) is 0 Å². The molecule has 5 nitrogen and oxygen atoms in total. The molecule has 0 aromatic carbocycles. The summed E-state index contributed by atoms with van der Waals surface area (Å²) >= 11 is 0. The van der Waals surface area contributed by atoms with Crippen LogP contribution in [0.25, 0.3) is 0 Å². The Morgan fingerprint density at radius 3 is 2.69 bits per heavy atom. The van der Waals surface area contributed by atoms with E-state index >= 15 is 0 Å². The van der Waals surface area contributed by atoms with Gasteiger partial charge in [-0.05, 0) is 25.9 Å². The van der Waals surface area contributed by atoms with Crippen molar-refractivity contribution in [3.8, 4) is 0 Å². The third kappa shape index (κ3) is 1.42. The summed E-state index contributed by atoms with van der Waals surface area (Å²) in [7, 11) is 0. The third-order valence-electron chi connectivity index (χ3n) is 4.23. The lowest BCUT2D eigenvalue weighted by Crippen LogP contribution is -2.61. The summed E-state index contributed by atoms with van der Waals surface area (Å²) < 4.78 is 5.68. The summed E-state index contributed by atoms with van der Waals surface area (Å²) in [5.74, 6) is 0.559. The molecule has 0 aliphatic carbocycles. The number of ether oxygens (including phenoxy) is 1. The van der Waals surface area contributed by atoms with Crippen molar-refractivity contribution in [1.29, 1.82) is 0 Å². The lowest BCUT2D eigenvalue weighted by Gasteiger charge is -2.49. The van der Waals surface area contributed by atoms with Gasteiger partial charge in [-0.1, -0.05) is 0 Å². The molecule has 4 rings (SSSR count). The van der Waals surface area contributed by atoms with Crippen LogP contribution in [-0.2, 0) is 4.74 Å². The molecule has 1 amide bonds. The summed E-state index contributed by atoms with van der Waals surface area (Å²) in [5.41, 5.74) is 5.29. The standard InChI is InChI=1S/C11H19N3O2/c12-3-6-14-8-11(16-10(14)15)7-13-4-1-9(11)2-5-13/h9H,1-8,12H2/t11-/m0/s1. The number of rotatable bonds is 2. The number of hydrogen-bond donors (Lipinski definition) is 1. The van der Waals surface area contributed by atoms with E-state index in [0.29, 0.717) is 19.0 Å². The maximum atomic E-state index is 11.7. The van der Waals surface area contributed by atoms with E-state index in [1.807, 2.05) is 0 Å². The van der Waals surface area contributed by atoms with Crippen molar-refractivity contribution in [3.05, 3.63) is 0 Å². The van der Waals surface area contributed by atoms with Gasteiger partial charge in [0, 0.05) is 25.6 Å². The maximum Gasteiger partial charge on any atom is 0.410 e. The molecule has 16 heavy (non-hydrogen) atoms. The number of nitrogens with zero attached hydrogens (tertiary/aromatic N) is 2. The highest BCUT2D eigenvalue weighted by Gasteiger charge is 2.55. The number of piperidine rings is 3. The van der Waals surface area contributed by atoms with E-state index in [0.717, 1.165) is 13.1 Å². The monoisotopic (exact) mass is 225 g/mol. The Kier molecular flexibility index (Phi) is 2.33. The molecule has 4 aliphatic rings. The molecule has 90 valence electrons. The van der Waals surface area contributed by atoms with Crippen LogP contribution in [0, 0.1) is 5.92 Å². The summed E-state index contributed by atoms with van der Waals surface area (Å²) in [6.45, 7) is 5.13. The normalized spacial score (nSPS) is 41.8. The molecule has 1 atom stereocenters. The summed E-state index contributed by atoms with van der Waals surface area (Å²) in [5, 5.41) is 0. The highest BCUT2D eigenvalue weighted by Crippen LogP contribution is 2.41. The van der Waals surface area contributed by atoms with Crippen LogP contribution in [0.2, 0.25) is 0 Å². The second-order valence-corrected chi connectivity index (χ2v) is 5.19. The average molecular weight is 225 g/mol. The van der Waals surface area contributed by atoms with Crippen LogP contribution in [0.5, 0.6) is 0 Å². The van der Waals surface area contributed by atoms with Crippen molar-refractivity contribution < 1.29 is 9.53 Å². The molecule has 4 aliphatic heterocycles. The van der Waals surface area contributed by atoms with Crippen LogP contribution >= 0.6 is 0 Å². The molecular formula is C11H19N3O2. The van der Waals surface area contributed by atoms with Gasteiger partial charge >= 0.3 is 6.09 Å². The van der Waals surface area contributed by atoms with E-state index < -0.39 is 0 Å². The van der Waals surface area contributed by atoms with Crippen molar-refractivity contribution in [3.63, 3.8) is 0 Å². The fourth-order valence-corrected chi connectivity index (χ4v) is 3.40. The molecule has 1 spiro atoms. The Balaban J connectivity index is 1.78. The molecule has 2 bridgehead atoms. The van der Waals surface area contributed by atoms with Gasteiger partial charge in [-0.25, -0.2) is 4.79 Å². The number of carbonyl (C=O) groups is 1. The lowest BCUT2D eigenvalue weighted by molar-refractivity contribution is -0.0891. The predicted molar refractivity (Wildman–Crippen MR) is 59.0 cm³/mol. The summed E-state index contributed by atoms with van der Waals surface area (Å²) in [6, 6.07) is 0. The number of carbonyl (C=O) groups excluding carboxylic acids is 1. The molecule has 0 saturated carbocycles. The first-order valence-corrected chi connectivity index (χ1v) is 6.14. The van der Waals surface area contributed by atoms with E-state index in [9.17, 15) is 4.79 Å². The van der Waals surface area contributed by atoms with Gasteiger partial charge in [0.15, 0.2) is 0 Å². The maximum absolute atomic E-state index is 11.7. The molecule has 5 heteroatoms. The van der Waals surface area contributed by atoms with Crippen molar-refractivity contribution in [2.75, 3.05) is 39.3 Å². The Labute approximate surface area is 95.5 Å². The fourth-order valence-electron chi connectivity index (χ4n) is 3.40.